The topological polar surface area (TPSA) is 93.5 Å². The zero-order chi connectivity index (χ0) is 17.8. The Bertz CT molecular complexity index is 761. The number of carboxylic acids is 1. The van der Waals surface area contributed by atoms with Gasteiger partial charge in [-0.05, 0) is 49.9 Å². The SMILES string of the molecule is Cn1ncc(C(=O)O)c1C(=O)Nc1ccc(OC2CCCCC2)cc1. The summed E-state index contributed by atoms with van der Waals surface area (Å²) in [6.07, 6.45) is 7.27. The smallest absolute Gasteiger partial charge is 0.339 e. The van der Waals surface area contributed by atoms with Gasteiger partial charge in [0.05, 0.1) is 12.3 Å². The number of aryl methyl sites for hydroxylation is 1. The molecule has 7 nitrogen and oxygen atoms in total. The van der Waals surface area contributed by atoms with Gasteiger partial charge in [0.1, 0.15) is 17.0 Å². The van der Waals surface area contributed by atoms with Crippen molar-refractivity contribution in [2.24, 2.45) is 7.05 Å². The van der Waals surface area contributed by atoms with Gasteiger partial charge in [-0.2, -0.15) is 5.10 Å². The van der Waals surface area contributed by atoms with Crippen LogP contribution in [-0.2, 0) is 7.05 Å². The minimum Gasteiger partial charge on any atom is -0.490 e. The van der Waals surface area contributed by atoms with Crippen molar-refractivity contribution in [1.29, 1.82) is 0 Å². The van der Waals surface area contributed by atoms with E-state index in [0.717, 1.165) is 18.6 Å². The first-order valence-electron chi connectivity index (χ1n) is 8.38. The molecule has 3 rings (SSSR count). The van der Waals surface area contributed by atoms with E-state index in [2.05, 4.69) is 10.4 Å². The van der Waals surface area contributed by atoms with Crippen LogP contribution in [0.2, 0.25) is 0 Å². The number of ether oxygens (including phenoxy) is 1. The van der Waals surface area contributed by atoms with Crippen molar-refractivity contribution >= 4 is 17.6 Å². The Morgan fingerprint density at radius 2 is 1.88 bits per heavy atom. The number of carbonyl (C=O) groups excluding carboxylic acids is 1. The van der Waals surface area contributed by atoms with Crippen molar-refractivity contribution in [2.45, 2.75) is 38.2 Å². The van der Waals surface area contributed by atoms with Crippen molar-refractivity contribution in [1.82, 2.24) is 9.78 Å². The van der Waals surface area contributed by atoms with Crippen molar-refractivity contribution in [3.63, 3.8) is 0 Å². The average Bonchev–Trinajstić information content (AvgIpc) is 2.99. The Hall–Kier alpha value is -2.83. The molecular weight excluding hydrogens is 322 g/mol. The van der Waals surface area contributed by atoms with Crippen molar-refractivity contribution in [3.05, 3.63) is 41.7 Å². The number of rotatable bonds is 5. The van der Waals surface area contributed by atoms with E-state index in [4.69, 9.17) is 9.84 Å². The Balaban J connectivity index is 1.66. The van der Waals surface area contributed by atoms with E-state index in [1.807, 2.05) is 12.1 Å². The number of benzene rings is 1. The number of aromatic nitrogens is 2. The van der Waals surface area contributed by atoms with Crippen LogP contribution in [0.1, 0.15) is 53.0 Å². The number of hydrogen-bond donors (Lipinski definition) is 2. The summed E-state index contributed by atoms with van der Waals surface area (Å²) in [6.45, 7) is 0. The van der Waals surface area contributed by atoms with E-state index in [1.54, 1.807) is 12.1 Å². The van der Waals surface area contributed by atoms with Crippen LogP contribution in [-0.4, -0.2) is 32.9 Å². The Labute approximate surface area is 145 Å². The highest BCUT2D eigenvalue weighted by atomic mass is 16.5. The first kappa shape index (κ1) is 17.0. The largest absolute Gasteiger partial charge is 0.490 e. The lowest BCUT2D eigenvalue weighted by atomic mass is 9.98. The maximum absolute atomic E-state index is 12.4. The van der Waals surface area contributed by atoms with Gasteiger partial charge in [-0.15, -0.1) is 0 Å². The minimum absolute atomic E-state index is 0.00929. The molecule has 132 valence electrons. The molecule has 7 heteroatoms. The Kier molecular flexibility index (Phi) is 5.02. The van der Waals surface area contributed by atoms with Gasteiger partial charge in [0.25, 0.3) is 5.91 Å². The fourth-order valence-corrected chi connectivity index (χ4v) is 3.05. The van der Waals surface area contributed by atoms with E-state index in [-0.39, 0.29) is 17.4 Å². The second-order valence-corrected chi connectivity index (χ2v) is 6.19. The quantitative estimate of drug-likeness (QED) is 0.870. The number of carboxylic acid groups (broad SMARTS) is 1. The standard InChI is InChI=1S/C18H21N3O4/c1-21-16(15(11-19-21)18(23)24)17(22)20-12-7-9-14(10-8-12)25-13-5-3-2-4-6-13/h7-11,13H,2-6H2,1H3,(H,20,22)(H,23,24). The van der Waals surface area contributed by atoms with Gasteiger partial charge in [0.15, 0.2) is 0 Å². The maximum atomic E-state index is 12.4. The van der Waals surface area contributed by atoms with Crippen molar-refractivity contribution in [3.8, 4) is 5.75 Å². The van der Waals surface area contributed by atoms with Crippen LogP contribution in [0, 0.1) is 0 Å². The third-order valence-electron chi connectivity index (χ3n) is 4.35. The molecule has 1 amide bonds. The predicted octanol–water partition coefficient (Wildman–Crippen LogP) is 3.08. The maximum Gasteiger partial charge on any atom is 0.339 e. The fourth-order valence-electron chi connectivity index (χ4n) is 3.05. The summed E-state index contributed by atoms with van der Waals surface area (Å²) in [4.78, 5) is 23.5. The Morgan fingerprint density at radius 3 is 2.52 bits per heavy atom. The molecule has 0 aliphatic heterocycles. The van der Waals surface area contributed by atoms with Crippen LogP contribution in [0.25, 0.3) is 0 Å². The second-order valence-electron chi connectivity index (χ2n) is 6.19. The van der Waals surface area contributed by atoms with Gasteiger partial charge in [-0.1, -0.05) is 6.42 Å². The number of nitrogens with zero attached hydrogens (tertiary/aromatic N) is 2. The van der Waals surface area contributed by atoms with Gasteiger partial charge in [-0.25, -0.2) is 4.79 Å². The van der Waals surface area contributed by atoms with E-state index >= 15 is 0 Å². The van der Waals surface area contributed by atoms with Gasteiger partial charge in [-0.3, -0.25) is 9.48 Å². The van der Waals surface area contributed by atoms with E-state index in [0.29, 0.717) is 5.69 Å². The molecule has 1 aromatic carbocycles. The number of amides is 1. The highest BCUT2D eigenvalue weighted by Gasteiger charge is 2.21. The zero-order valence-corrected chi connectivity index (χ0v) is 14.1. The molecule has 1 heterocycles. The van der Waals surface area contributed by atoms with Crippen LogP contribution in [0.15, 0.2) is 30.5 Å². The molecule has 2 aromatic rings. The van der Waals surface area contributed by atoms with E-state index < -0.39 is 11.9 Å². The molecule has 1 saturated carbocycles. The molecule has 0 radical (unpaired) electrons. The molecule has 0 atom stereocenters. The number of aromatic carboxylic acids is 1. The predicted molar refractivity (Wildman–Crippen MR) is 92.1 cm³/mol. The molecule has 1 aliphatic rings. The first-order valence-corrected chi connectivity index (χ1v) is 8.38. The minimum atomic E-state index is -1.19. The average molecular weight is 343 g/mol. The van der Waals surface area contributed by atoms with Gasteiger partial charge in [0, 0.05) is 12.7 Å². The molecule has 0 unspecified atom stereocenters. The molecule has 0 saturated heterocycles. The third kappa shape index (κ3) is 3.99. The van der Waals surface area contributed by atoms with Crippen molar-refractivity contribution in [2.75, 3.05) is 5.32 Å². The monoisotopic (exact) mass is 343 g/mol. The highest BCUT2D eigenvalue weighted by molar-refractivity contribution is 6.09. The molecular formula is C18H21N3O4. The number of carbonyl (C=O) groups is 2. The third-order valence-corrected chi connectivity index (χ3v) is 4.35. The second kappa shape index (κ2) is 7.38. The summed E-state index contributed by atoms with van der Waals surface area (Å²) >= 11 is 0. The summed E-state index contributed by atoms with van der Waals surface area (Å²) in [5, 5.41) is 15.7. The van der Waals surface area contributed by atoms with Crippen LogP contribution < -0.4 is 10.1 Å². The van der Waals surface area contributed by atoms with Crippen LogP contribution in [0.5, 0.6) is 5.75 Å². The number of hydrogen-bond acceptors (Lipinski definition) is 4. The molecule has 1 aromatic heterocycles. The number of nitrogens with one attached hydrogen (secondary N) is 1. The summed E-state index contributed by atoms with van der Waals surface area (Å²) in [6, 6.07) is 7.11. The molecule has 1 aliphatic carbocycles. The van der Waals surface area contributed by atoms with Crippen LogP contribution >= 0.6 is 0 Å². The Morgan fingerprint density at radius 1 is 1.20 bits per heavy atom. The van der Waals surface area contributed by atoms with Gasteiger partial charge < -0.3 is 15.2 Å². The lowest BCUT2D eigenvalue weighted by molar-refractivity contribution is 0.0692. The lowest BCUT2D eigenvalue weighted by Gasteiger charge is -2.23. The summed E-state index contributed by atoms with van der Waals surface area (Å²) < 4.78 is 7.20. The van der Waals surface area contributed by atoms with E-state index in [9.17, 15) is 9.59 Å². The summed E-state index contributed by atoms with van der Waals surface area (Å²) in [5.41, 5.74) is 0.450. The molecule has 25 heavy (non-hydrogen) atoms. The van der Waals surface area contributed by atoms with Crippen LogP contribution in [0.4, 0.5) is 5.69 Å². The van der Waals surface area contributed by atoms with Gasteiger partial charge in [0.2, 0.25) is 0 Å². The summed E-state index contributed by atoms with van der Waals surface area (Å²) in [7, 11) is 1.53. The molecule has 0 spiro atoms. The molecule has 1 fully saturated rings. The highest BCUT2D eigenvalue weighted by Crippen LogP contribution is 2.24. The molecule has 2 N–H and O–H groups in total. The zero-order valence-electron chi connectivity index (χ0n) is 14.1. The number of anilines is 1. The van der Waals surface area contributed by atoms with Crippen LogP contribution in [0.3, 0.4) is 0 Å². The first-order chi connectivity index (χ1) is 12.0. The lowest BCUT2D eigenvalue weighted by Crippen LogP contribution is -2.20. The van der Waals surface area contributed by atoms with Gasteiger partial charge >= 0.3 is 5.97 Å². The fraction of sp³-hybridized carbons (Fsp3) is 0.389. The van der Waals surface area contributed by atoms with E-state index in [1.165, 1.54) is 37.2 Å². The summed E-state index contributed by atoms with van der Waals surface area (Å²) in [5.74, 6) is -0.926. The normalized spacial score (nSPS) is 14.9. The van der Waals surface area contributed by atoms with Crippen molar-refractivity contribution < 1.29 is 19.4 Å². The molecule has 0 bridgehead atoms.